The fraction of sp³-hybridized carbons (Fsp3) is 0.294. The molecule has 1 heterocycles. The Bertz CT molecular complexity index is 1520. The number of Topliss-reactive ketones (excluding diaryl/α,β-unsaturated/α-hetero) is 2. The molecule has 0 amide bonds. The summed E-state index contributed by atoms with van der Waals surface area (Å²) in [5.41, 5.74) is 6.62. The van der Waals surface area contributed by atoms with Crippen LogP contribution in [0.3, 0.4) is 0 Å². The Hall–Kier alpha value is -3.35. The number of hydrogen-bond donors (Lipinski definition) is 0. The molecule has 3 aromatic carbocycles. The molecule has 41 heavy (non-hydrogen) atoms. The van der Waals surface area contributed by atoms with E-state index in [0.29, 0.717) is 47.0 Å². The summed E-state index contributed by atoms with van der Waals surface area (Å²) in [5, 5.41) is 0.670. The average Bonchev–Trinajstić information content (AvgIpc) is 2.98. The van der Waals surface area contributed by atoms with Crippen molar-refractivity contribution in [1.29, 1.82) is 0 Å². The Balaban J connectivity index is 1.44. The third kappa shape index (κ3) is 5.47. The number of ketones is 2. The number of hydrogen-bond acceptors (Lipinski definition) is 5. The second-order valence-corrected chi connectivity index (χ2v) is 12.0. The van der Waals surface area contributed by atoms with Crippen LogP contribution in [0.4, 0.5) is 0 Å². The van der Waals surface area contributed by atoms with Gasteiger partial charge in [-0.3, -0.25) is 9.59 Å². The maximum Gasteiger partial charge on any atom is 0.175 e. The summed E-state index contributed by atoms with van der Waals surface area (Å²) in [5.74, 6) is 0.935. The fourth-order valence-corrected chi connectivity index (χ4v) is 6.99. The monoisotopic (exact) mass is 631 g/mol. The summed E-state index contributed by atoms with van der Waals surface area (Å²) in [6.45, 7) is 0.987. The SMILES string of the molecule is COc1cc(C2C3=C(CCCC3=O)N(Cc3ccccc3)C3=C2C(=O)CCC3)cc(Br)c1OCc1ccc(Cl)cc1. The number of nitrogens with zero attached hydrogens (tertiary/aromatic N) is 1. The third-order valence-electron chi connectivity index (χ3n) is 8.15. The van der Waals surface area contributed by atoms with Crippen molar-refractivity contribution in [2.75, 3.05) is 7.11 Å². The molecule has 0 fully saturated rings. The number of ether oxygens (including phenoxy) is 2. The van der Waals surface area contributed by atoms with E-state index < -0.39 is 5.92 Å². The van der Waals surface area contributed by atoms with Gasteiger partial charge in [0.1, 0.15) is 6.61 Å². The van der Waals surface area contributed by atoms with Gasteiger partial charge in [-0.05, 0) is 82.6 Å². The Morgan fingerprint density at radius 2 is 1.49 bits per heavy atom. The van der Waals surface area contributed by atoms with Crippen LogP contribution in [-0.4, -0.2) is 23.6 Å². The Kier molecular flexibility index (Phi) is 8.05. The van der Waals surface area contributed by atoms with E-state index >= 15 is 0 Å². The maximum atomic E-state index is 13.7. The molecule has 0 aromatic heterocycles. The third-order valence-corrected chi connectivity index (χ3v) is 8.99. The number of halogens is 2. The van der Waals surface area contributed by atoms with Gasteiger partial charge >= 0.3 is 0 Å². The largest absolute Gasteiger partial charge is 0.493 e. The number of benzene rings is 3. The number of carbonyl (C=O) groups is 2. The second kappa shape index (κ2) is 11.9. The van der Waals surface area contributed by atoms with Crippen LogP contribution in [0.15, 0.2) is 93.7 Å². The lowest BCUT2D eigenvalue weighted by atomic mass is 9.71. The zero-order chi connectivity index (χ0) is 28.5. The number of methoxy groups -OCH3 is 1. The minimum Gasteiger partial charge on any atom is -0.493 e. The molecular formula is C34H31BrClNO4. The lowest BCUT2D eigenvalue weighted by Crippen LogP contribution is -2.38. The van der Waals surface area contributed by atoms with Crippen molar-refractivity contribution >= 4 is 39.1 Å². The molecule has 0 unspecified atom stereocenters. The maximum absolute atomic E-state index is 13.7. The van der Waals surface area contributed by atoms with E-state index in [4.69, 9.17) is 21.1 Å². The molecule has 0 saturated carbocycles. The lowest BCUT2D eigenvalue weighted by Gasteiger charge is -2.44. The highest BCUT2D eigenvalue weighted by Gasteiger charge is 2.43. The molecule has 5 nitrogen and oxygen atoms in total. The van der Waals surface area contributed by atoms with Crippen LogP contribution in [0.1, 0.15) is 61.1 Å². The van der Waals surface area contributed by atoms with Crippen molar-refractivity contribution in [1.82, 2.24) is 4.90 Å². The van der Waals surface area contributed by atoms with Crippen LogP contribution in [0.2, 0.25) is 5.02 Å². The molecule has 0 radical (unpaired) electrons. The van der Waals surface area contributed by atoms with Gasteiger partial charge in [0, 0.05) is 52.9 Å². The van der Waals surface area contributed by atoms with Crippen molar-refractivity contribution in [2.24, 2.45) is 0 Å². The minimum absolute atomic E-state index is 0.123. The molecule has 3 aromatic rings. The van der Waals surface area contributed by atoms with Gasteiger partial charge < -0.3 is 14.4 Å². The quantitative estimate of drug-likeness (QED) is 0.262. The van der Waals surface area contributed by atoms with Gasteiger partial charge in [-0.2, -0.15) is 0 Å². The predicted octanol–water partition coefficient (Wildman–Crippen LogP) is 8.30. The van der Waals surface area contributed by atoms with Gasteiger partial charge in [-0.1, -0.05) is 54.1 Å². The van der Waals surface area contributed by atoms with Gasteiger partial charge in [0.15, 0.2) is 23.1 Å². The molecule has 0 saturated heterocycles. The Labute approximate surface area is 253 Å². The number of rotatable bonds is 7. The van der Waals surface area contributed by atoms with Crippen LogP contribution in [-0.2, 0) is 22.7 Å². The highest BCUT2D eigenvalue weighted by molar-refractivity contribution is 9.10. The van der Waals surface area contributed by atoms with E-state index in [9.17, 15) is 9.59 Å². The first-order valence-corrected chi connectivity index (χ1v) is 15.2. The van der Waals surface area contributed by atoms with Crippen LogP contribution >= 0.6 is 27.5 Å². The van der Waals surface area contributed by atoms with Crippen molar-refractivity contribution in [2.45, 2.75) is 57.6 Å². The highest BCUT2D eigenvalue weighted by Crippen LogP contribution is 2.51. The van der Waals surface area contributed by atoms with Crippen LogP contribution < -0.4 is 9.47 Å². The summed E-state index contributed by atoms with van der Waals surface area (Å²) in [4.78, 5) is 29.6. The zero-order valence-corrected chi connectivity index (χ0v) is 25.3. The molecule has 0 spiro atoms. The summed E-state index contributed by atoms with van der Waals surface area (Å²) in [6, 6.07) is 21.7. The molecule has 2 aliphatic carbocycles. The normalized spacial score (nSPS) is 17.5. The predicted molar refractivity (Wildman–Crippen MR) is 163 cm³/mol. The van der Waals surface area contributed by atoms with E-state index in [1.807, 2.05) is 54.6 Å². The first-order chi connectivity index (χ1) is 19.9. The van der Waals surface area contributed by atoms with Gasteiger partial charge in [0.25, 0.3) is 0 Å². The topological polar surface area (TPSA) is 55.8 Å². The standard InChI is InChI=1S/C34H31BrClNO4/c1-40-30-18-23(17-25(35)34(30)41-20-22-13-15-24(36)16-14-22)31-32-26(9-5-11-28(32)38)37(19-21-7-3-2-4-8-21)27-10-6-12-29(39)33(27)31/h2-4,7-8,13-18,31H,5-6,9-12,19-20H2,1H3. The molecule has 1 aliphatic heterocycles. The number of allylic oxidation sites excluding steroid dienone is 4. The molecule has 0 N–H and O–H groups in total. The van der Waals surface area contributed by atoms with Gasteiger partial charge in [0.05, 0.1) is 11.6 Å². The fourth-order valence-electron chi connectivity index (χ4n) is 6.29. The first kappa shape index (κ1) is 27.8. The summed E-state index contributed by atoms with van der Waals surface area (Å²) < 4.78 is 12.7. The summed E-state index contributed by atoms with van der Waals surface area (Å²) in [7, 11) is 1.61. The van der Waals surface area contributed by atoms with E-state index in [1.165, 1.54) is 0 Å². The first-order valence-electron chi connectivity index (χ1n) is 14.0. The van der Waals surface area contributed by atoms with Crippen LogP contribution in [0.5, 0.6) is 11.5 Å². The van der Waals surface area contributed by atoms with Crippen molar-refractivity contribution in [3.63, 3.8) is 0 Å². The smallest absolute Gasteiger partial charge is 0.175 e. The molecule has 0 bridgehead atoms. The summed E-state index contributed by atoms with van der Waals surface area (Å²) in [6.07, 6.45) is 4.25. The molecule has 7 heteroatoms. The molecule has 0 atom stereocenters. The van der Waals surface area contributed by atoms with E-state index in [1.54, 1.807) is 7.11 Å². The molecular weight excluding hydrogens is 602 g/mol. The van der Waals surface area contributed by atoms with Crippen LogP contribution in [0.25, 0.3) is 0 Å². The Morgan fingerprint density at radius 1 is 0.854 bits per heavy atom. The van der Waals surface area contributed by atoms with E-state index in [-0.39, 0.29) is 11.6 Å². The summed E-state index contributed by atoms with van der Waals surface area (Å²) >= 11 is 9.75. The van der Waals surface area contributed by atoms with Gasteiger partial charge in [-0.25, -0.2) is 0 Å². The second-order valence-electron chi connectivity index (χ2n) is 10.7. The Morgan fingerprint density at radius 3 is 2.10 bits per heavy atom. The number of carbonyl (C=O) groups excluding carboxylic acids is 2. The van der Waals surface area contributed by atoms with Crippen molar-refractivity contribution < 1.29 is 19.1 Å². The molecule has 3 aliphatic rings. The average molecular weight is 633 g/mol. The highest BCUT2D eigenvalue weighted by atomic mass is 79.9. The molecule has 6 rings (SSSR count). The van der Waals surface area contributed by atoms with Gasteiger partial charge in [-0.15, -0.1) is 0 Å². The van der Waals surface area contributed by atoms with Crippen LogP contribution in [0, 0.1) is 0 Å². The molecule has 210 valence electrons. The van der Waals surface area contributed by atoms with Crippen molar-refractivity contribution in [3.8, 4) is 11.5 Å². The van der Waals surface area contributed by atoms with E-state index in [2.05, 4.69) is 33.0 Å². The van der Waals surface area contributed by atoms with E-state index in [0.717, 1.165) is 64.9 Å². The zero-order valence-electron chi connectivity index (χ0n) is 22.9. The minimum atomic E-state index is -0.428. The van der Waals surface area contributed by atoms with Crippen molar-refractivity contribution in [3.05, 3.63) is 115 Å². The van der Waals surface area contributed by atoms with Gasteiger partial charge in [0.2, 0.25) is 0 Å². The lowest BCUT2D eigenvalue weighted by molar-refractivity contribution is -0.117.